The number of aryl methyl sites for hydroxylation is 2. The molecule has 0 radical (unpaired) electrons. The molecule has 0 aliphatic rings. The number of fused-ring (bicyclic) bond motifs is 1. The van der Waals surface area contributed by atoms with Crippen molar-refractivity contribution in [3.05, 3.63) is 60.6 Å². The van der Waals surface area contributed by atoms with Gasteiger partial charge in [-0.3, -0.25) is 9.13 Å². The average Bonchev–Trinajstić information content (AvgIpc) is 3.38. The first-order valence-corrected chi connectivity index (χ1v) is 10.6. The van der Waals surface area contributed by atoms with E-state index < -0.39 is 5.97 Å². The Hall–Kier alpha value is -2.23. The van der Waals surface area contributed by atoms with Gasteiger partial charge in [0, 0.05) is 34.9 Å². The van der Waals surface area contributed by atoms with Crippen LogP contribution in [0.15, 0.2) is 43.6 Å². The largest absolute Gasteiger partial charge is 0.456 e. The molecule has 0 atom stereocenters. The lowest BCUT2D eigenvalue weighted by molar-refractivity contribution is 0.0467. The number of aromatic nitrogens is 3. The smallest absolute Gasteiger partial charge is 0.339 e. The maximum Gasteiger partial charge on any atom is 0.339 e. The van der Waals surface area contributed by atoms with E-state index in [2.05, 4.69) is 20.9 Å². The van der Waals surface area contributed by atoms with Crippen molar-refractivity contribution in [2.75, 3.05) is 0 Å². The fourth-order valence-corrected chi connectivity index (χ4v) is 4.80. The highest BCUT2D eigenvalue weighted by Gasteiger charge is 2.17. The van der Waals surface area contributed by atoms with Gasteiger partial charge >= 0.3 is 11.7 Å². The van der Waals surface area contributed by atoms with Gasteiger partial charge in [-0.05, 0) is 39.5 Å². The Morgan fingerprint density at radius 1 is 1.22 bits per heavy atom. The van der Waals surface area contributed by atoms with E-state index in [1.165, 1.54) is 20.5 Å². The van der Waals surface area contributed by atoms with Crippen LogP contribution in [0.3, 0.4) is 0 Å². The van der Waals surface area contributed by atoms with Gasteiger partial charge in [0.25, 0.3) is 0 Å². The van der Waals surface area contributed by atoms with E-state index in [1.54, 1.807) is 37.6 Å². The van der Waals surface area contributed by atoms with Crippen molar-refractivity contribution in [3.8, 4) is 10.6 Å². The Morgan fingerprint density at radius 2 is 1.96 bits per heavy atom. The van der Waals surface area contributed by atoms with Crippen molar-refractivity contribution in [2.45, 2.75) is 6.61 Å². The maximum atomic E-state index is 12.6. The summed E-state index contributed by atoms with van der Waals surface area (Å²) in [6.45, 7) is 0.0949. The van der Waals surface area contributed by atoms with E-state index in [1.807, 2.05) is 22.2 Å². The molecule has 0 saturated heterocycles. The summed E-state index contributed by atoms with van der Waals surface area (Å²) in [6, 6.07) is 5.43. The number of imidazole rings is 1. The van der Waals surface area contributed by atoms with Crippen molar-refractivity contribution >= 4 is 55.6 Å². The van der Waals surface area contributed by atoms with Crippen LogP contribution in [0.5, 0.6) is 0 Å². The van der Waals surface area contributed by atoms with Gasteiger partial charge in [-0.1, -0.05) is 0 Å². The number of nitrogens with zero attached hydrogens (tertiary/aromatic N) is 3. The van der Waals surface area contributed by atoms with E-state index in [0.717, 1.165) is 16.1 Å². The van der Waals surface area contributed by atoms with Crippen LogP contribution in [0, 0.1) is 0 Å². The second kappa shape index (κ2) is 7.06. The molecule has 0 aliphatic carbocycles. The molecule has 0 fully saturated rings. The standard InChI is InChI=1S/C18H14BrN3O3S2/c1-21-14-5-12(13(19)6-15(14)22(2)18(21)24)17(23)25-7-11-9-27-16(20-11)10-3-4-26-8-10/h3-6,8-9H,7H2,1-2H3. The van der Waals surface area contributed by atoms with Crippen LogP contribution in [0.2, 0.25) is 0 Å². The summed E-state index contributed by atoms with van der Waals surface area (Å²) in [5.41, 5.74) is 3.42. The van der Waals surface area contributed by atoms with Crippen molar-refractivity contribution in [1.29, 1.82) is 0 Å². The van der Waals surface area contributed by atoms with Gasteiger partial charge in [0.05, 0.1) is 22.3 Å². The molecule has 0 aliphatic heterocycles. The van der Waals surface area contributed by atoms with E-state index in [4.69, 9.17) is 4.74 Å². The quantitative estimate of drug-likeness (QED) is 0.425. The van der Waals surface area contributed by atoms with Gasteiger partial charge in [0.1, 0.15) is 11.6 Å². The molecule has 3 heterocycles. The highest BCUT2D eigenvalue weighted by atomic mass is 79.9. The number of hydrogen-bond acceptors (Lipinski definition) is 6. The summed E-state index contributed by atoms with van der Waals surface area (Å²) in [5, 5.41) is 6.83. The Bertz CT molecular complexity index is 1200. The molecule has 0 spiro atoms. The predicted octanol–water partition coefficient (Wildman–Crippen LogP) is 4.18. The first-order valence-electron chi connectivity index (χ1n) is 7.94. The Labute approximate surface area is 170 Å². The number of thiophene rings is 1. The summed E-state index contributed by atoms with van der Waals surface area (Å²) in [6.07, 6.45) is 0. The molecule has 0 saturated carbocycles. The van der Waals surface area contributed by atoms with E-state index in [-0.39, 0.29) is 12.3 Å². The van der Waals surface area contributed by atoms with Crippen LogP contribution >= 0.6 is 38.6 Å². The van der Waals surface area contributed by atoms with Crippen LogP contribution < -0.4 is 5.69 Å². The molecule has 9 heteroatoms. The van der Waals surface area contributed by atoms with E-state index in [9.17, 15) is 9.59 Å². The molecule has 1 aromatic carbocycles. The number of carbonyl (C=O) groups excluding carboxylic acids is 1. The topological polar surface area (TPSA) is 66.1 Å². The van der Waals surface area contributed by atoms with Crippen LogP contribution in [0.4, 0.5) is 0 Å². The van der Waals surface area contributed by atoms with Crippen LogP contribution in [0.1, 0.15) is 16.1 Å². The normalized spacial score (nSPS) is 11.2. The minimum Gasteiger partial charge on any atom is -0.456 e. The number of ether oxygens (including phenoxy) is 1. The third-order valence-corrected chi connectivity index (χ3v) is 6.53. The first-order chi connectivity index (χ1) is 13.0. The average molecular weight is 464 g/mol. The molecule has 138 valence electrons. The molecular formula is C18H14BrN3O3S2. The highest BCUT2D eigenvalue weighted by Crippen LogP contribution is 2.27. The minimum absolute atomic E-state index is 0.0949. The van der Waals surface area contributed by atoms with Gasteiger partial charge in [0.15, 0.2) is 0 Å². The Balaban J connectivity index is 1.56. The van der Waals surface area contributed by atoms with Crippen LogP contribution in [0.25, 0.3) is 21.6 Å². The molecule has 6 nitrogen and oxygen atoms in total. The van der Waals surface area contributed by atoms with E-state index in [0.29, 0.717) is 21.2 Å². The van der Waals surface area contributed by atoms with Crippen LogP contribution in [-0.4, -0.2) is 20.1 Å². The second-order valence-corrected chi connectivity index (χ2v) is 8.45. The van der Waals surface area contributed by atoms with Crippen molar-refractivity contribution < 1.29 is 9.53 Å². The molecule has 27 heavy (non-hydrogen) atoms. The Kier molecular flexibility index (Phi) is 4.75. The Morgan fingerprint density at radius 3 is 2.67 bits per heavy atom. The molecule has 0 amide bonds. The minimum atomic E-state index is -0.467. The molecule has 4 rings (SSSR count). The number of thiazole rings is 1. The van der Waals surface area contributed by atoms with Crippen molar-refractivity contribution in [2.24, 2.45) is 14.1 Å². The molecule has 3 aromatic heterocycles. The monoisotopic (exact) mass is 463 g/mol. The zero-order chi connectivity index (χ0) is 19.1. The van der Waals surface area contributed by atoms with Crippen molar-refractivity contribution in [3.63, 3.8) is 0 Å². The fraction of sp³-hybridized carbons (Fsp3) is 0.167. The van der Waals surface area contributed by atoms with Gasteiger partial charge in [-0.15, -0.1) is 11.3 Å². The van der Waals surface area contributed by atoms with Crippen LogP contribution in [-0.2, 0) is 25.4 Å². The summed E-state index contributed by atoms with van der Waals surface area (Å²) < 4.78 is 9.06. The summed E-state index contributed by atoms with van der Waals surface area (Å²) >= 11 is 6.54. The molecule has 0 N–H and O–H groups in total. The number of benzene rings is 1. The van der Waals surface area contributed by atoms with Gasteiger partial charge in [-0.2, -0.15) is 11.3 Å². The molecule has 0 bridgehead atoms. The highest BCUT2D eigenvalue weighted by molar-refractivity contribution is 9.10. The molecule has 0 unspecified atom stereocenters. The fourth-order valence-electron chi connectivity index (χ4n) is 2.79. The van der Waals surface area contributed by atoms with Crippen molar-refractivity contribution in [1.82, 2.24) is 14.1 Å². The predicted molar refractivity (Wildman–Crippen MR) is 110 cm³/mol. The lowest BCUT2D eigenvalue weighted by Crippen LogP contribution is -2.19. The van der Waals surface area contributed by atoms with E-state index >= 15 is 0 Å². The zero-order valence-electron chi connectivity index (χ0n) is 14.4. The molecular weight excluding hydrogens is 450 g/mol. The SMILES string of the molecule is Cn1c(=O)n(C)c2cc(C(=O)OCc3csc(-c4ccsc4)n3)c(Br)cc21. The number of halogens is 1. The van der Waals surface area contributed by atoms with Gasteiger partial charge in [0.2, 0.25) is 0 Å². The maximum absolute atomic E-state index is 12.6. The zero-order valence-corrected chi connectivity index (χ0v) is 17.7. The number of hydrogen-bond donors (Lipinski definition) is 0. The molecule has 4 aromatic rings. The van der Waals surface area contributed by atoms with Gasteiger partial charge in [-0.25, -0.2) is 14.6 Å². The lowest BCUT2D eigenvalue weighted by atomic mass is 10.2. The second-order valence-electron chi connectivity index (χ2n) is 5.95. The summed E-state index contributed by atoms with van der Waals surface area (Å²) in [5.74, 6) is -0.467. The summed E-state index contributed by atoms with van der Waals surface area (Å²) in [4.78, 5) is 29.1. The third kappa shape index (κ3) is 3.26. The number of carbonyl (C=O) groups is 1. The third-order valence-electron chi connectivity index (χ3n) is 4.25. The number of rotatable bonds is 4. The lowest BCUT2D eigenvalue weighted by Gasteiger charge is -2.06. The first kappa shape index (κ1) is 18.1. The number of esters is 1. The van der Waals surface area contributed by atoms with Gasteiger partial charge < -0.3 is 4.74 Å². The summed E-state index contributed by atoms with van der Waals surface area (Å²) in [7, 11) is 3.37.